The van der Waals surface area contributed by atoms with Gasteiger partial charge in [0.2, 0.25) is 5.91 Å². The Hall–Kier alpha value is -4.40. The fraction of sp³-hybridized carbons (Fsp3) is 0.167. The number of nitrogens with one attached hydrogen (secondary N) is 1. The first-order valence-electron chi connectivity index (χ1n) is 10.6. The number of nitrogens with two attached hydrogens (primary N) is 1. The van der Waals surface area contributed by atoms with Gasteiger partial charge in [0.25, 0.3) is 5.56 Å². The van der Waals surface area contributed by atoms with Gasteiger partial charge in [-0.15, -0.1) is 0 Å². The predicted molar refractivity (Wildman–Crippen MR) is 125 cm³/mol. The van der Waals surface area contributed by atoms with Gasteiger partial charge in [-0.1, -0.05) is 24.8 Å². The van der Waals surface area contributed by atoms with Crippen molar-refractivity contribution in [1.29, 1.82) is 0 Å². The van der Waals surface area contributed by atoms with E-state index in [1.807, 2.05) is 54.6 Å². The molecule has 1 saturated heterocycles. The number of ether oxygens (including phenoxy) is 1. The summed E-state index contributed by atoms with van der Waals surface area (Å²) in [6.07, 6.45) is 1.96. The van der Waals surface area contributed by atoms with Crippen molar-refractivity contribution in [1.82, 2.24) is 24.9 Å². The van der Waals surface area contributed by atoms with Crippen LogP contribution in [0.2, 0.25) is 0 Å². The van der Waals surface area contributed by atoms with Crippen molar-refractivity contribution < 1.29 is 9.53 Å². The van der Waals surface area contributed by atoms with Gasteiger partial charge in [0.1, 0.15) is 22.7 Å². The highest BCUT2D eigenvalue weighted by molar-refractivity contribution is 5.99. The highest BCUT2D eigenvalue weighted by Crippen LogP contribution is 2.34. The molecule has 9 nitrogen and oxygen atoms in total. The first-order valence-corrected chi connectivity index (χ1v) is 10.6. The van der Waals surface area contributed by atoms with Crippen LogP contribution in [0.3, 0.4) is 0 Å². The van der Waals surface area contributed by atoms with Crippen molar-refractivity contribution in [2.75, 3.05) is 18.8 Å². The van der Waals surface area contributed by atoms with E-state index in [0.29, 0.717) is 41.9 Å². The van der Waals surface area contributed by atoms with Gasteiger partial charge in [-0.3, -0.25) is 14.3 Å². The number of benzene rings is 2. The third-order valence-electron chi connectivity index (χ3n) is 5.76. The number of anilines is 1. The topological polar surface area (TPSA) is 119 Å². The van der Waals surface area contributed by atoms with Crippen LogP contribution < -0.4 is 16.0 Å². The minimum absolute atomic E-state index is 0.140. The zero-order valence-corrected chi connectivity index (χ0v) is 17.8. The van der Waals surface area contributed by atoms with Gasteiger partial charge >= 0.3 is 0 Å². The van der Waals surface area contributed by atoms with Crippen LogP contribution in [0.4, 0.5) is 5.82 Å². The molecule has 1 fully saturated rings. The van der Waals surface area contributed by atoms with Crippen molar-refractivity contribution in [3.05, 3.63) is 77.6 Å². The molecule has 5 rings (SSSR count). The first-order chi connectivity index (χ1) is 16.0. The molecule has 2 aromatic heterocycles. The molecule has 1 amide bonds. The number of nitrogens with zero attached hydrogens (tertiary/aromatic N) is 4. The fourth-order valence-electron chi connectivity index (χ4n) is 4.16. The van der Waals surface area contributed by atoms with Crippen molar-refractivity contribution in [2.24, 2.45) is 0 Å². The molecule has 0 radical (unpaired) electrons. The van der Waals surface area contributed by atoms with E-state index in [-0.39, 0.29) is 23.3 Å². The Morgan fingerprint density at radius 2 is 1.88 bits per heavy atom. The third kappa shape index (κ3) is 3.73. The molecule has 0 unspecified atom stereocenters. The summed E-state index contributed by atoms with van der Waals surface area (Å²) in [6, 6.07) is 16.7. The molecule has 1 aliphatic heterocycles. The molecule has 33 heavy (non-hydrogen) atoms. The van der Waals surface area contributed by atoms with E-state index in [1.165, 1.54) is 6.08 Å². The molecular weight excluding hydrogens is 420 g/mol. The maximum Gasteiger partial charge on any atom is 0.290 e. The molecule has 4 aromatic rings. The van der Waals surface area contributed by atoms with Crippen LogP contribution >= 0.6 is 0 Å². The van der Waals surface area contributed by atoms with Crippen LogP contribution in [-0.4, -0.2) is 43.9 Å². The second kappa shape index (κ2) is 8.27. The second-order valence-corrected chi connectivity index (χ2v) is 7.83. The number of nitrogen functional groups attached to an aromatic ring is 1. The molecule has 0 spiro atoms. The van der Waals surface area contributed by atoms with E-state index in [0.717, 1.165) is 11.3 Å². The van der Waals surface area contributed by atoms with Gasteiger partial charge < -0.3 is 15.4 Å². The van der Waals surface area contributed by atoms with Gasteiger partial charge in [0.05, 0.1) is 11.4 Å². The van der Waals surface area contributed by atoms with Crippen molar-refractivity contribution in [3.63, 3.8) is 0 Å². The van der Waals surface area contributed by atoms with E-state index in [9.17, 15) is 9.59 Å². The zero-order chi connectivity index (χ0) is 22.9. The molecule has 3 heterocycles. The highest BCUT2D eigenvalue weighted by Gasteiger charge is 2.30. The lowest BCUT2D eigenvalue weighted by atomic mass is 10.1. The van der Waals surface area contributed by atoms with E-state index < -0.39 is 0 Å². The Bertz CT molecular complexity index is 1390. The van der Waals surface area contributed by atoms with Gasteiger partial charge in [0.15, 0.2) is 5.82 Å². The van der Waals surface area contributed by atoms with Crippen LogP contribution in [-0.2, 0) is 4.79 Å². The highest BCUT2D eigenvalue weighted by atomic mass is 16.5. The minimum Gasteiger partial charge on any atom is -0.457 e. The number of rotatable bonds is 5. The smallest absolute Gasteiger partial charge is 0.290 e. The minimum atomic E-state index is -0.379. The van der Waals surface area contributed by atoms with Crippen LogP contribution in [0.15, 0.2) is 72.0 Å². The Kier molecular flexibility index (Phi) is 5.14. The average Bonchev–Trinajstić information content (AvgIpc) is 3.48. The van der Waals surface area contributed by atoms with Crippen LogP contribution in [0, 0.1) is 0 Å². The fourth-order valence-corrected chi connectivity index (χ4v) is 4.16. The molecule has 3 N–H and O–H groups in total. The van der Waals surface area contributed by atoms with Crippen molar-refractivity contribution in [2.45, 2.75) is 12.5 Å². The lowest BCUT2D eigenvalue weighted by Gasteiger charge is -2.14. The maximum atomic E-state index is 12.7. The quantitative estimate of drug-likeness (QED) is 0.459. The van der Waals surface area contributed by atoms with Gasteiger partial charge in [-0.2, -0.15) is 10.2 Å². The lowest BCUT2D eigenvalue weighted by molar-refractivity contribution is -0.125. The maximum absolute atomic E-state index is 12.7. The molecule has 1 atom stereocenters. The zero-order valence-electron chi connectivity index (χ0n) is 17.8. The van der Waals surface area contributed by atoms with Crippen LogP contribution in [0.25, 0.3) is 22.2 Å². The molecule has 166 valence electrons. The van der Waals surface area contributed by atoms with Crippen LogP contribution in [0.5, 0.6) is 11.5 Å². The monoisotopic (exact) mass is 442 g/mol. The summed E-state index contributed by atoms with van der Waals surface area (Å²) in [5.41, 5.74) is 7.47. The third-order valence-corrected chi connectivity index (χ3v) is 5.76. The summed E-state index contributed by atoms with van der Waals surface area (Å²) < 4.78 is 7.54. The van der Waals surface area contributed by atoms with Gasteiger partial charge in [-0.25, -0.2) is 5.10 Å². The largest absolute Gasteiger partial charge is 0.457 e. The lowest BCUT2D eigenvalue weighted by Crippen LogP contribution is -2.27. The summed E-state index contributed by atoms with van der Waals surface area (Å²) in [5, 5.41) is 11.7. The van der Waals surface area contributed by atoms with Crippen LogP contribution in [0.1, 0.15) is 12.5 Å². The number of hydrogen-bond acceptors (Lipinski definition) is 6. The predicted octanol–water partition coefficient (Wildman–Crippen LogP) is 3.12. The van der Waals surface area contributed by atoms with Crippen molar-refractivity contribution in [3.8, 4) is 22.8 Å². The Morgan fingerprint density at radius 1 is 1.15 bits per heavy atom. The molecule has 2 aromatic carbocycles. The number of carbonyl (C=O) groups is 1. The standard InChI is InChI=1S/C24H22N6O3/c1-2-19(31)29-13-12-16(14-29)30-22-20(23(25)26-27-24(22)32)21(28-30)15-8-10-18(11-9-15)33-17-6-4-3-5-7-17/h2-11,16H,1,12-14H2,(H2,25,26)(H,27,32)/t16-/m1/s1. The second-order valence-electron chi connectivity index (χ2n) is 7.83. The number of likely N-dealkylation sites (tertiary alicyclic amines) is 1. The Labute approximate surface area is 189 Å². The number of hydrogen-bond donors (Lipinski definition) is 2. The summed E-state index contributed by atoms with van der Waals surface area (Å²) in [4.78, 5) is 26.5. The number of carbonyl (C=O) groups excluding carboxylic acids is 1. The SMILES string of the molecule is C=CC(=O)N1CC[C@@H](n2nc(-c3ccc(Oc4ccccc4)cc3)c3c(N)n[nH]c(=O)c32)C1. The Balaban J connectivity index is 1.54. The summed E-state index contributed by atoms with van der Waals surface area (Å²) in [6.45, 7) is 4.55. The molecular formula is C24H22N6O3. The number of H-pyrrole nitrogens is 1. The molecule has 0 aliphatic carbocycles. The molecule has 0 saturated carbocycles. The Morgan fingerprint density at radius 3 is 2.61 bits per heavy atom. The molecule has 0 bridgehead atoms. The number of amides is 1. The number of fused-ring (bicyclic) bond motifs is 1. The van der Waals surface area contributed by atoms with E-state index in [4.69, 9.17) is 15.6 Å². The number of aromatic amines is 1. The van der Waals surface area contributed by atoms with E-state index in [2.05, 4.69) is 16.8 Å². The van der Waals surface area contributed by atoms with E-state index in [1.54, 1.807) is 9.58 Å². The van der Waals surface area contributed by atoms with Gasteiger partial charge in [0, 0.05) is 18.7 Å². The van der Waals surface area contributed by atoms with Crippen molar-refractivity contribution >= 4 is 22.6 Å². The molecule has 9 heteroatoms. The summed E-state index contributed by atoms with van der Waals surface area (Å²) in [7, 11) is 0. The van der Waals surface area contributed by atoms with Gasteiger partial charge in [-0.05, 0) is 48.9 Å². The molecule has 1 aliphatic rings. The normalized spacial score (nSPS) is 15.6. The number of para-hydroxylation sites is 1. The van der Waals surface area contributed by atoms with E-state index >= 15 is 0 Å². The average molecular weight is 442 g/mol. The summed E-state index contributed by atoms with van der Waals surface area (Å²) >= 11 is 0. The first kappa shape index (κ1) is 20.5. The number of aromatic nitrogens is 4. The summed E-state index contributed by atoms with van der Waals surface area (Å²) in [5.74, 6) is 1.46.